The van der Waals surface area contributed by atoms with Crippen LogP contribution >= 0.6 is 24.0 Å². The number of carbonyl (C=O) groups excluding carboxylic acids is 1. The molecule has 1 fully saturated rings. The van der Waals surface area contributed by atoms with Gasteiger partial charge in [-0.15, -0.1) is 0 Å². The van der Waals surface area contributed by atoms with E-state index in [9.17, 15) is 4.79 Å². The molecule has 0 spiro atoms. The van der Waals surface area contributed by atoms with Crippen molar-refractivity contribution in [2.75, 3.05) is 25.0 Å². The molecule has 0 atom stereocenters. The van der Waals surface area contributed by atoms with E-state index in [1.54, 1.807) is 11.9 Å². The lowest BCUT2D eigenvalue weighted by Gasteiger charge is -2.28. The van der Waals surface area contributed by atoms with E-state index in [0.29, 0.717) is 4.32 Å². The molecule has 0 radical (unpaired) electrons. The zero-order valence-corrected chi connectivity index (χ0v) is 12.7. The van der Waals surface area contributed by atoms with Crippen molar-refractivity contribution < 1.29 is 4.79 Å². The van der Waals surface area contributed by atoms with Gasteiger partial charge in [-0.05, 0) is 31.4 Å². The van der Waals surface area contributed by atoms with Crippen molar-refractivity contribution in [3.63, 3.8) is 0 Å². The van der Waals surface area contributed by atoms with Crippen molar-refractivity contribution in [3.8, 4) is 0 Å². The van der Waals surface area contributed by atoms with Crippen molar-refractivity contribution in [2.24, 2.45) is 0 Å². The average Bonchev–Trinajstić information content (AvgIpc) is 2.48. The maximum atomic E-state index is 12.2. The van der Waals surface area contributed by atoms with Gasteiger partial charge in [-0.3, -0.25) is 4.79 Å². The van der Waals surface area contributed by atoms with Crippen LogP contribution in [-0.4, -0.2) is 34.6 Å². The number of piperidine rings is 1. The zero-order chi connectivity index (χ0) is 13.7. The first-order valence-electron chi connectivity index (χ1n) is 6.48. The summed E-state index contributed by atoms with van der Waals surface area (Å²) in [6.07, 6.45) is 3.61. The van der Waals surface area contributed by atoms with Crippen LogP contribution in [0.1, 0.15) is 19.3 Å². The van der Waals surface area contributed by atoms with E-state index < -0.39 is 0 Å². The summed E-state index contributed by atoms with van der Waals surface area (Å²) >= 11 is 6.51. The van der Waals surface area contributed by atoms with E-state index in [1.807, 2.05) is 30.3 Å². The number of anilines is 1. The molecule has 0 saturated carbocycles. The highest BCUT2D eigenvalue weighted by atomic mass is 32.2. The highest BCUT2D eigenvalue weighted by molar-refractivity contribution is 8.32. The van der Waals surface area contributed by atoms with Gasteiger partial charge >= 0.3 is 0 Å². The summed E-state index contributed by atoms with van der Waals surface area (Å²) in [6, 6.07) is 9.62. The Morgan fingerprint density at radius 2 is 1.84 bits per heavy atom. The molecule has 1 aliphatic rings. The molecule has 1 saturated heterocycles. The minimum Gasteiger partial charge on any atom is -0.357 e. The number of amides is 1. The fourth-order valence-electron chi connectivity index (χ4n) is 2.04. The second-order valence-corrected chi connectivity index (χ2v) is 6.16. The number of likely N-dealkylation sites (tertiary alicyclic amines) is 1. The lowest BCUT2D eigenvalue weighted by molar-refractivity contribution is 0.266. The summed E-state index contributed by atoms with van der Waals surface area (Å²) in [4.78, 5) is 16.0. The van der Waals surface area contributed by atoms with Gasteiger partial charge in [-0.2, -0.15) is 0 Å². The minimum atomic E-state index is -0.0261. The summed E-state index contributed by atoms with van der Waals surface area (Å²) in [5, 5.41) is -0.0261. The van der Waals surface area contributed by atoms with Crippen LogP contribution in [-0.2, 0) is 0 Å². The van der Waals surface area contributed by atoms with Crippen molar-refractivity contribution in [1.82, 2.24) is 4.90 Å². The summed E-state index contributed by atoms with van der Waals surface area (Å²) < 4.78 is 0.701. The molecule has 2 rings (SSSR count). The Hall–Kier alpha value is -1.07. The van der Waals surface area contributed by atoms with Crippen molar-refractivity contribution >= 4 is 39.2 Å². The predicted molar refractivity (Wildman–Crippen MR) is 85.9 cm³/mol. The number of nitrogens with zero attached hydrogens (tertiary/aromatic N) is 2. The lowest BCUT2D eigenvalue weighted by Crippen LogP contribution is -2.34. The molecule has 1 aliphatic heterocycles. The van der Waals surface area contributed by atoms with Crippen LogP contribution in [0.25, 0.3) is 0 Å². The second kappa shape index (κ2) is 6.91. The van der Waals surface area contributed by atoms with Gasteiger partial charge in [0.15, 0.2) is 0 Å². The second-order valence-electron chi connectivity index (χ2n) is 4.58. The first-order valence-corrected chi connectivity index (χ1v) is 7.70. The van der Waals surface area contributed by atoms with Gasteiger partial charge in [0, 0.05) is 37.6 Å². The van der Waals surface area contributed by atoms with Crippen LogP contribution in [0.5, 0.6) is 0 Å². The summed E-state index contributed by atoms with van der Waals surface area (Å²) in [6.45, 7) is 1.96. The standard InChI is InChI=1S/C14H18N2OS2/c1-15(12-8-4-2-5-9-12)13(17)19-14(18)16-10-6-3-7-11-16/h2,4-5,8-9H,3,6-7,10-11H2,1H3. The smallest absolute Gasteiger partial charge is 0.292 e. The third-order valence-corrected chi connectivity index (χ3v) is 4.60. The number of carbonyl (C=O) groups is 1. The van der Waals surface area contributed by atoms with E-state index in [2.05, 4.69) is 4.90 Å². The molecule has 1 aromatic rings. The molecule has 19 heavy (non-hydrogen) atoms. The van der Waals surface area contributed by atoms with Gasteiger partial charge in [0.25, 0.3) is 5.24 Å². The molecule has 0 aliphatic carbocycles. The molecule has 3 nitrogen and oxygen atoms in total. The molecule has 1 amide bonds. The highest BCUT2D eigenvalue weighted by Crippen LogP contribution is 2.21. The van der Waals surface area contributed by atoms with Crippen LogP contribution < -0.4 is 4.90 Å². The monoisotopic (exact) mass is 294 g/mol. The van der Waals surface area contributed by atoms with Gasteiger partial charge in [0.05, 0.1) is 0 Å². The Morgan fingerprint density at radius 3 is 2.47 bits per heavy atom. The van der Waals surface area contributed by atoms with Gasteiger partial charge in [-0.1, -0.05) is 30.4 Å². The maximum Gasteiger partial charge on any atom is 0.292 e. The van der Waals surface area contributed by atoms with Crippen molar-refractivity contribution in [3.05, 3.63) is 30.3 Å². The Bertz CT molecular complexity index is 444. The normalized spacial score (nSPS) is 15.1. The molecule has 0 bridgehead atoms. The molecule has 0 unspecified atom stereocenters. The lowest BCUT2D eigenvalue weighted by atomic mass is 10.1. The van der Waals surface area contributed by atoms with E-state index >= 15 is 0 Å². The Labute approximate surface area is 124 Å². The molecule has 1 aromatic carbocycles. The Morgan fingerprint density at radius 1 is 1.21 bits per heavy atom. The average molecular weight is 294 g/mol. The third-order valence-electron chi connectivity index (χ3n) is 3.21. The van der Waals surface area contributed by atoms with Crippen molar-refractivity contribution in [2.45, 2.75) is 19.3 Å². The first kappa shape index (κ1) is 14.3. The summed E-state index contributed by atoms with van der Waals surface area (Å²) in [5.41, 5.74) is 0.890. The molecular weight excluding hydrogens is 276 g/mol. The number of benzene rings is 1. The Kier molecular flexibility index (Phi) is 5.22. The third kappa shape index (κ3) is 3.94. The SMILES string of the molecule is CN(C(=O)SC(=S)N1CCCCC1)c1ccccc1. The number of thiocarbonyl (C=S) groups is 1. The van der Waals surface area contributed by atoms with E-state index in [1.165, 1.54) is 19.3 Å². The van der Waals surface area contributed by atoms with Crippen LogP contribution in [0, 0.1) is 0 Å². The van der Waals surface area contributed by atoms with Crippen LogP contribution in [0.2, 0.25) is 0 Å². The first-order chi connectivity index (χ1) is 9.18. The number of rotatable bonds is 1. The van der Waals surface area contributed by atoms with Crippen LogP contribution in [0.15, 0.2) is 30.3 Å². The molecule has 5 heteroatoms. The molecule has 102 valence electrons. The predicted octanol–water partition coefficient (Wildman–Crippen LogP) is 3.75. The molecular formula is C14H18N2OS2. The maximum absolute atomic E-state index is 12.2. The number of hydrogen-bond donors (Lipinski definition) is 0. The summed E-state index contributed by atoms with van der Waals surface area (Å²) in [5.74, 6) is 0. The van der Waals surface area contributed by atoms with Crippen LogP contribution in [0.4, 0.5) is 10.5 Å². The zero-order valence-electron chi connectivity index (χ0n) is 11.0. The largest absolute Gasteiger partial charge is 0.357 e. The minimum absolute atomic E-state index is 0.0261. The fourth-order valence-corrected chi connectivity index (χ4v) is 3.14. The van der Waals surface area contributed by atoms with E-state index in [-0.39, 0.29) is 5.24 Å². The van der Waals surface area contributed by atoms with Gasteiger partial charge < -0.3 is 9.80 Å². The number of para-hydroxylation sites is 1. The van der Waals surface area contributed by atoms with E-state index in [0.717, 1.165) is 30.5 Å². The van der Waals surface area contributed by atoms with Gasteiger partial charge in [0.1, 0.15) is 4.32 Å². The topological polar surface area (TPSA) is 23.6 Å². The van der Waals surface area contributed by atoms with Gasteiger partial charge in [0.2, 0.25) is 0 Å². The molecule has 1 heterocycles. The fraction of sp³-hybridized carbons (Fsp3) is 0.429. The molecule has 0 aromatic heterocycles. The summed E-state index contributed by atoms with van der Waals surface area (Å²) in [7, 11) is 1.78. The van der Waals surface area contributed by atoms with E-state index in [4.69, 9.17) is 12.2 Å². The number of thioether (sulfide) groups is 1. The highest BCUT2D eigenvalue weighted by Gasteiger charge is 2.19. The quantitative estimate of drug-likeness (QED) is 0.736. The van der Waals surface area contributed by atoms with Gasteiger partial charge in [-0.25, -0.2) is 0 Å². The van der Waals surface area contributed by atoms with Crippen LogP contribution in [0.3, 0.4) is 0 Å². The Balaban J connectivity index is 1.91. The number of hydrogen-bond acceptors (Lipinski definition) is 3. The molecule has 0 N–H and O–H groups in total. The van der Waals surface area contributed by atoms with Crippen molar-refractivity contribution in [1.29, 1.82) is 0 Å².